The van der Waals surface area contributed by atoms with Gasteiger partial charge in [-0.2, -0.15) is 5.10 Å². The van der Waals surface area contributed by atoms with E-state index in [1.54, 1.807) is 4.68 Å². The first-order chi connectivity index (χ1) is 7.08. The smallest absolute Gasteiger partial charge is 0.133 e. The van der Waals surface area contributed by atoms with Crippen molar-refractivity contribution in [1.82, 2.24) is 9.78 Å². The van der Waals surface area contributed by atoms with Gasteiger partial charge in [0.15, 0.2) is 0 Å². The molecule has 0 amide bonds. The van der Waals surface area contributed by atoms with Gasteiger partial charge in [-0.1, -0.05) is 23.7 Å². The van der Waals surface area contributed by atoms with Crippen LogP contribution in [0, 0.1) is 20.8 Å². The number of halogens is 1. The molecule has 0 aliphatic rings. The first-order valence-corrected chi connectivity index (χ1v) is 5.25. The lowest BCUT2D eigenvalue weighted by atomic mass is 10.1. The molecular weight excluding hydrogens is 208 g/mol. The third-order valence-corrected chi connectivity index (χ3v) is 2.65. The molecule has 0 saturated carbocycles. The van der Waals surface area contributed by atoms with Crippen LogP contribution >= 0.6 is 11.6 Å². The van der Waals surface area contributed by atoms with Crippen LogP contribution in [0.4, 0.5) is 0 Å². The maximum atomic E-state index is 6.10. The van der Waals surface area contributed by atoms with Gasteiger partial charge in [-0.15, -0.1) is 0 Å². The minimum atomic E-state index is 0.654. The van der Waals surface area contributed by atoms with Crippen molar-refractivity contribution in [3.8, 4) is 5.69 Å². The Kier molecular flexibility index (Phi) is 2.53. The molecule has 0 aliphatic heterocycles. The van der Waals surface area contributed by atoms with Crippen molar-refractivity contribution in [3.63, 3.8) is 0 Å². The zero-order valence-corrected chi connectivity index (χ0v) is 9.84. The Morgan fingerprint density at radius 3 is 2.47 bits per heavy atom. The van der Waals surface area contributed by atoms with Gasteiger partial charge in [0.2, 0.25) is 0 Å². The first-order valence-electron chi connectivity index (χ1n) is 4.88. The predicted octanol–water partition coefficient (Wildman–Crippen LogP) is 3.45. The van der Waals surface area contributed by atoms with E-state index in [1.165, 1.54) is 11.1 Å². The highest BCUT2D eigenvalue weighted by atomic mass is 35.5. The number of hydrogen-bond acceptors (Lipinski definition) is 1. The second kappa shape index (κ2) is 3.70. The Morgan fingerprint density at radius 1 is 1.13 bits per heavy atom. The van der Waals surface area contributed by atoms with Gasteiger partial charge in [-0.3, -0.25) is 0 Å². The van der Waals surface area contributed by atoms with Gasteiger partial charge in [0, 0.05) is 0 Å². The Morgan fingerprint density at radius 2 is 1.87 bits per heavy atom. The van der Waals surface area contributed by atoms with Crippen molar-refractivity contribution in [2.24, 2.45) is 0 Å². The highest BCUT2D eigenvalue weighted by molar-refractivity contribution is 6.29. The van der Waals surface area contributed by atoms with Crippen LogP contribution in [-0.2, 0) is 0 Å². The molecule has 1 heterocycles. The topological polar surface area (TPSA) is 17.8 Å². The van der Waals surface area contributed by atoms with Crippen LogP contribution in [-0.4, -0.2) is 9.78 Å². The number of aryl methyl sites for hydroxylation is 3. The normalized spacial score (nSPS) is 10.7. The lowest BCUT2D eigenvalue weighted by Gasteiger charge is -2.07. The van der Waals surface area contributed by atoms with E-state index in [0.717, 1.165) is 11.4 Å². The van der Waals surface area contributed by atoms with Gasteiger partial charge in [0.1, 0.15) is 5.15 Å². The van der Waals surface area contributed by atoms with E-state index in [9.17, 15) is 0 Å². The van der Waals surface area contributed by atoms with E-state index in [-0.39, 0.29) is 0 Å². The predicted molar refractivity (Wildman–Crippen MR) is 62.8 cm³/mol. The summed E-state index contributed by atoms with van der Waals surface area (Å²) in [5, 5.41) is 5.02. The van der Waals surface area contributed by atoms with E-state index >= 15 is 0 Å². The molecule has 2 rings (SSSR count). The Hall–Kier alpha value is -1.28. The molecule has 2 nitrogen and oxygen atoms in total. The Bertz CT molecular complexity index is 500. The summed E-state index contributed by atoms with van der Waals surface area (Å²) in [6, 6.07) is 8.12. The number of nitrogens with zero attached hydrogens (tertiary/aromatic N) is 2. The molecule has 0 radical (unpaired) electrons. The molecule has 0 bridgehead atoms. The summed E-state index contributed by atoms with van der Waals surface area (Å²) in [7, 11) is 0. The van der Waals surface area contributed by atoms with Crippen LogP contribution in [0.25, 0.3) is 5.69 Å². The van der Waals surface area contributed by atoms with Crippen molar-refractivity contribution in [2.45, 2.75) is 20.8 Å². The van der Waals surface area contributed by atoms with Gasteiger partial charge in [0.05, 0.1) is 11.4 Å². The van der Waals surface area contributed by atoms with Gasteiger partial charge < -0.3 is 0 Å². The average Bonchev–Trinajstić information content (AvgIpc) is 2.50. The fourth-order valence-corrected chi connectivity index (χ4v) is 1.87. The molecule has 0 atom stereocenters. The third kappa shape index (κ3) is 1.90. The maximum Gasteiger partial charge on any atom is 0.133 e. The van der Waals surface area contributed by atoms with Gasteiger partial charge in [-0.25, -0.2) is 4.68 Å². The molecular formula is C12H13ClN2. The summed E-state index contributed by atoms with van der Waals surface area (Å²) in [5.41, 5.74) is 4.36. The van der Waals surface area contributed by atoms with Gasteiger partial charge in [0.25, 0.3) is 0 Å². The van der Waals surface area contributed by atoms with Crippen molar-refractivity contribution in [1.29, 1.82) is 0 Å². The van der Waals surface area contributed by atoms with E-state index < -0.39 is 0 Å². The highest BCUT2D eigenvalue weighted by Gasteiger charge is 2.07. The van der Waals surface area contributed by atoms with Crippen molar-refractivity contribution < 1.29 is 0 Å². The minimum absolute atomic E-state index is 0.654. The Labute approximate surface area is 94.5 Å². The van der Waals surface area contributed by atoms with Crippen molar-refractivity contribution in [2.75, 3.05) is 0 Å². The molecule has 3 heteroatoms. The van der Waals surface area contributed by atoms with Crippen LogP contribution in [0.15, 0.2) is 24.3 Å². The summed E-state index contributed by atoms with van der Waals surface area (Å²) in [5.74, 6) is 0. The number of rotatable bonds is 1. The molecule has 1 aromatic carbocycles. The van der Waals surface area contributed by atoms with E-state index in [1.807, 2.05) is 13.0 Å². The quantitative estimate of drug-likeness (QED) is 0.720. The lowest BCUT2D eigenvalue weighted by Crippen LogP contribution is -1.99. The molecule has 0 N–H and O–H groups in total. The average molecular weight is 221 g/mol. The summed E-state index contributed by atoms with van der Waals surface area (Å²) < 4.78 is 1.78. The van der Waals surface area contributed by atoms with Gasteiger partial charge >= 0.3 is 0 Å². The molecule has 0 unspecified atom stereocenters. The lowest BCUT2D eigenvalue weighted by molar-refractivity contribution is 0.855. The number of hydrogen-bond donors (Lipinski definition) is 0. The Balaban J connectivity index is 2.62. The van der Waals surface area contributed by atoms with Gasteiger partial charge in [-0.05, 0) is 44.0 Å². The molecule has 2 aromatic rings. The third-order valence-electron chi connectivity index (χ3n) is 2.38. The fraction of sp³-hybridized carbons (Fsp3) is 0.250. The fourth-order valence-electron chi connectivity index (χ4n) is 1.58. The maximum absolute atomic E-state index is 6.10. The molecule has 0 fully saturated rings. The molecule has 78 valence electrons. The monoisotopic (exact) mass is 220 g/mol. The summed E-state index contributed by atoms with van der Waals surface area (Å²) in [4.78, 5) is 0. The van der Waals surface area contributed by atoms with E-state index in [0.29, 0.717) is 5.15 Å². The highest BCUT2D eigenvalue weighted by Crippen LogP contribution is 2.20. The second-order valence-corrected chi connectivity index (χ2v) is 4.20. The summed E-state index contributed by atoms with van der Waals surface area (Å²) >= 11 is 6.10. The minimum Gasteiger partial charge on any atom is -0.222 e. The van der Waals surface area contributed by atoms with Crippen LogP contribution in [0.1, 0.15) is 16.8 Å². The second-order valence-electron chi connectivity index (χ2n) is 3.81. The largest absolute Gasteiger partial charge is 0.222 e. The zero-order chi connectivity index (χ0) is 11.0. The summed E-state index contributed by atoms with van der Waals surface area (Å²) in [6.45, 7) is 6.06. The standard InChI is InChI=1S/C12H13ClN2/c1-8-4-5-9(2)11(6-8)15-12(13)7-10(3)14-15/h4-7H,1-3H3. The van der Waals surface area contributed by atoms with Crippen LogP contribution < -0.4 is 0 Å². The molecule has 1 aromatic heterocycles. The number of aromatic nitrogens is 2. The molecule has 0 spiro atoms. The van der Waals surface area contributed by atoms with E-state index in [2.05, 4.69) is 37.1 Å². The zero-order valence-electron chi connectivity index (χ0n) is 9.08. The van der Waals surface area contributed by atoms with Crippen molar-refractivity contribution >= 4 is 11.6 Å². The van der Waals surface area contributed by atoms with Crippen molar-refractivity contribution in [3.05, 3.63) is 46.2 Å². The van der Waals surface area contributed by atoms with Crippen LogP contribution in [0.3, 0.4) is 0 Å². The molecule has 0 saturated heterocycles. The molecule has 15 heavy (non-hydrogen) atoms. The van der Waals surface area contributed by atoms with Crippen LogP contribution in [0.2, 0.25) is 5.15 Å². The molecule has 0 aliphatic carbocycles. The first kappa shape index (κ1) is 10.2. The number of benzene rings is 1. The van der Waals surface area contributed by atoms with E-state index in [4.69, 9.17) is 11.6 Å². The summed E-state index contributed by atoms with van der Waals surface area (Å²) in [6.07, 6.45) is 0. The SMILES string of the molecule is Cc1ccc(C)c(-n2nc(C)cc2Cl)c1. The van der Waals surface area contributed by atoms with Crippen LogP contribution in [0.5, 0.6) is 0 Å².